The van der Waals surface area contributed by atoms with Gasteiger partial charge in [0.1, 0.15) is 0 Å². The van der Waals surface area contributed by atoms with Crippen LogP contribution in [-0.2, 0) is 0 Å². The number of halogens is 2. The molecule has 4 nitrogen and oxygen atoms in total. The van der Waals surface area contributed by atoms with Crippen LogP contribution in [0.1, 0.15) is 10.4 Å². The average Bonchev–Trinajstić information content (AvgIpc) is 2.21. The van der Waals surface area contributed by atoms with E-state index in [2.05, 4.69) is 15.9 Å². The summed E-state index contributed by atoms with van der Waals surface area (Å²) in [7, 11) is 2.65. The van der Waals surface area contributed by atoms with Crippen molar-refractivity contribution < 1.29 is 18.7 Å². The summed E-state index contributed by atoms with van der Waals surface area (Å²) in [5.74, 6) is -1.42. The molecule has 0 saturated heterocycles. The Kier molecular flexibility index (Phi) is 3.52. The normalized spacial score (nSPS) is 9.87. The van der Waals surface area contributed by atoms with Gasteiger partial charge in [-0.15, -0.1) is 0 Å². The summed E-state index contributed by atoms with van der Waals surface area (Å²) in [6.07, 6.45) is 0. The second-order valence-electron chi connectivity index (χ2n) is 2.65. The molecule has 0 saturated carbocycles. The molecule has 82 valence electrons. The van der Waals surface area contributed by atoms with Gasteiger partial charge in [-0.25, -0.2) is 4.39 Å². The van der Waals surface area contributed by atoms with Crippen LogP contribution >= 0.6 is 15.9 Å². The lowest BCUT2D eigenvalue weighted by molar-refractivity contribution is 0.0998. The zero-order valence-electron chi connectivity index (χ0n) is 8.14. The van der Waals surface area contributed by atoms with E-state index >= 15 is 0 Å². The van der Waals surface area contributed by atoms with E-state index in [0.29, 0.717) is 0 Å². The third-order valence-electron chi connectivity index (χ3n) is 1.82. The molecule has 1 amide bonds. The van der Waals surface area contributed by atoms with Crippen molar-refractivity contribution in [2.75, 3.05) is 14.2 Å². The maximum atomic E-state index is 13.6. The Morgan fingerprint density at radius 2 is 2.07 bits per heavy atom. The summed E-state index contributed by atoms with van der Waals surface area (Å²) >= 11 is 2.92. The van der Waals surface area contributed by atoms with Gasteiger partial charge in [-0.05, 0) is 22.0 Å². The van der Waals surface area contributed by atoms with Gasteiger partial charge in [-0.1, -0.05) is 0 Å². The van der Waals surface area contributed by atoms with Crippen LogP contribution in [0.15, 0.2) is 10.5 Å². The first-order chi connectivity index (χ1) is 7.02. The second kappa shape index (κ2) is 4.48. The fourth-order valence-corrected chi connectivity index (χ4v) is 1.60. The molecule has 1 aromatic rings. The smallest absolute Gasteiger partial charge is 0.250 e. The topological polar surface area (TPSA) is 61.5 Å². The van der Waals surface area contributed by atoms with Gasteiger partial charge in [0.15, 0.2) is 17.3 Å². The van der Waals surface area contributed by atoms with E-state index in [0.717, 1.165) is 0 Å². The van der Waals surface area contributed by atoms with Crippen LogP contribution in [0, 0.1) is 5.82 Å². The van der Waals surface area contributed by atoms with E-state index < -0.39 is 11.7 Å². The molecule has 0 radical (unpaired) electrons. The third kappa shape index (κ3) is 2.04. The van der Waals surface area contributed by atoms with Crippen molar-refractivity contribution >= 4 is 21.8 Å². The number of amides is 1. The quantitative estimate of drug-likeness (QED) is 0.915. The SMILES string of the molecule is COc1cc(C(N)=O)c(Br)c(F)c1OC. The highest BCUT2D eigenvalue weighted by Gasteiger charge is 2.20. The van der Waals surface area contributed by atoms with Crippen molar-refractivity contribution in [2.24, 2.45) is 5.73 Å². The van der Waals surface area contributed by atoms with Crippen LogP contribution in [-0.4, -0.2) is 20.1 Å². The Bertz CT molecular complexity index is 409. The van der Waals surface area contributed by atoms with Crippen molar-refractivity contribution in [2.45, 2.75) is 0 Å². The number of primary amides is 1. The standard InChI is InChI=1S/C9H9BrFNO3/c1-14-5-3-4(9(12)13)6(10)7(11)8(5)15-2/h3H,1-2H3,(H2,12,13). The lowest BCUT2D eigenvalue weighted by atomic mass is 10.2. The van der Waals surface area contributed by atoms with Gasteiger partial charge >= 0.3 is 0 Å². The molecule has 0 heterocycles. The molecule has 0 unspecified atom stereocenters. The minimum absolute atomic E-state index is 0.00477. The number of rotatable bonds is 3. The van der Waals surface area contributed by atoms with Crippen LogP contribution in [0.2, 0.25) is 0 Å². The number of hydrogen-bond donors (Lipinski definition) is 1. The van der Waals surface area contributed by atoms with E-state index in [1.807, 2.05) is 0 Å². The number of carbonyl (C=O) groups is 1. The summed E-state index contributed by atoms with van der Waals surface area (Å²) in [6, 6.07) is 1.31. The predicted molar refractivity (Wildman–Crippen MR) is 55.7 cm³/mol. The number of benzene rings is 1. The van der Waals surface area contributed by atoms with Crippen molar-refractivity contribution in [3.05, 3.63) is 21.9 Å². The average molecular weight is 278 g/mol. The number of nitrogens with two attached hydrogens (primary N) is 1. The predicted octanol–water partition coefficient (Wildman–Crippen LogP) is 1.70. The summed E-state index contributed by atoms with van der Waals surface area (Å²) in [4.78, 5) is 11.0. The van der Waals surface area contributed by atoms with Crippen molar-refractivity contribution in [1.29, 1.82) is 0 Å². The minimum Gasteiger partial charge on any atom is -0.493 e. The molecule has 6 heteroatoms. The van der Waals surface area contributed by atoms with Crippen LogP contribution < -0.4 is 15.2 Å². The minimum atomic E-state index is -0.748. The van der Waals surface area contributed by atoms with Gasteiger partial charge in [0, 0.05) is 0 Å². The fourth-order valence-electron chi connectivity index (χ4n) is 1.11. The van der Waals surface area contributed by atoms with Gasteiger partial charge in [-0.3, -0.25) is 4.79 Å². The number of methoxy groups -OCH3 is 2. The number of hydrogen-bond acceptors (Lipinski definition) is 3. The third-order valence-corrected chi connectivity index (χ3v) is 2.59. The molecular weight excluding hydrogens is 269 g/mol. The lowest BCUT2D eigenvalue weighted by Crippen LogP contribution is -2.13. The van der Waals surface area contributed by atoms with Crippen LogP contribution in [0.5, 0.6) is 11.5 Å². The maximum absolute atomic E-state index is 13.6. The van der Waals surface area contributed by atoms with Gasteiger partial charge in [0.2, 0.25) is 5.91 Å². The van der Waals surface area contributed by atoms with E-state index in [1.165, 1.54) is 20.3 Å². The summed E-state index contributed by atoms with van der Waals surface area (Å²) in [6.45, 7) is 0. The largest absolute Gasteiger partial charge is 0.493 e. The molecule has 0 aliphatic heterocycles. The molecule has 0 fully saturated rings. The molecule has 0 aliphatic carbocycles. The molecule has 0 aliphatic rings. The van der Waals surface area contributed by atoms with E-state index in [-0.39, 0.29) is 21.5 Å². The second-order valence-corrected chi connectivity index (χ2v) is 3.44. The molecule has 0 atom stereocenters. The molecule has 0 bridgehead atoms. The molecule has 1 aromatic carbocycles. The number of carbonyl (C=O) groups excluding carboxylic acids is 1. The Morgan fingerprint density at radius 1 is 1.47 bits per heavy atom. The van der Waals surface area contributed by atoms with E-state index in [1.54, 1.807) is 0 Å². The first-order valence-corrected chi connectivity index (χ1v) is 4.72. The lowest BCUT2D eigenvalue weighted by Gasteiger charge is -2.11. The molecule has 0 spiro atoms. The van der Waals surface area contributed by atoms with Crippen molar-refractivity contribution in [3.8, 4) is 11.5 Å². The highest BCUT2D eigenvalue weighted by molar-refractivity contribution is 9.10. The summed E-state index contributed by atoms with van der Waals surface area (Å²) in [5, 5.41) is 0. The van der Waals surface area contributed by atoms with E-state index in [9.17, 15) is 9.18 Å². The Hall–Kier alpha value is -1.30. The fraction of sp³-hybridized carbons (Fsp3) is 0.222. The van der Waals surface area contributed by atoms with E-state index in [4.69, 9.17) is 15.2 Å². The first kappa shape index (κ1) is 11.8. The molecule has 2 N–H and O–H groups in total. The zero-order valence-corrected chi connectivity index (χ0v) is 9.72. The molecule has 0 aromatic heterocycles. The van der Waals surface area contributed by atoms with Crippen molar-refractivity contribution in [1.82, 2.24) is 0 Å². The van der Waals surface area contributed by atoms with Crippen molar-refractivity contribution in [3.63, 3.8) is 0 Å². The highest BCUT2D eigenvalue weighted by Crippen LogP contribution is 2.37. The molecular formula is C9H9BrFNO3. The van der Waals surface area contributed by atoms with Crippen LogP contribution in [0.4, 0.5) is 4.39 Å². The van der Waals surface area contributed by atoms with Crippen LogP contribution in [0.3, 0.4) is 0 Å². The maximum Gasteiger partial charge on any atom is 0.250 e. The van der Waals surface area contributed by atoms with Gasteiger partial charge in [0.25, 0.3) is 0 Å². The van der Waals surface area contributed by atoms with Gasteiger partial charge < -0.3 is 15.2 Å². The summed E-state index contributed by atoms with van der Waals surface area (Å²) < 4.78 is 23.2. The summed E-state index contributed by atoms with van der Waals surface area (Å²) in [5.41, 5.74) is 5.07. The monoisotopic (exact) mass is 277 g/mol. The Balaban J connectivity index is 3.49. The molecule has 15 heavy (non-hydrogen) atoms. The Labute approximate surface area is 94.3 Å². The molecule has 1 rings (SSSR count). The van der Waals surface area contributed by atoms with Gasteiger partial charge in [-0.2, -0.15) is 0 Å². The van der Waals surface area contributed by atoms with Gasteiger partial charge in [0.05, 0.1) is 24.3 Å². The number of ether oxygens (including phenoxy) is 2. The first-order valence-electron chi connectivity index (χ1n) is 3.92. The Morgan fingerprint density at radius 3 is 2.47 bits per heavy atom. The van der Waals surface area contributed by atoms with Crippen LogP contribution in [0.25, 0.3) is 0 Å². The highest BCUT2D eigenvalue weighted by atomic mass is 79.9. The zero-order chi connectivity index (χ0) is 11.6.